The largest absolute Gasteiger partial charge is 0.496 e. The topological polar surface area (TPSA) is 101 Å². The van der Waals surface area contributed by atoms with Crippen molar-refractivity contribution in [2.45, 2.75) is 45.8 Å². The molecule has 2 aromatic rings. The number of nitrogens with zero attached hydrogens (tertiary/aromatic N) is 4. The minimum atomic E-state index is -0.336. The van der Waals surface area contributed by atoms with Crippen LogP contribution in [0, 0.1) is 13.8 Å². The van der Waals surface area contributed by atoms with Crippen molar-refractivity contribution >= 4 is 23.3 Å². The molecule has 0 amide bonds. The fourth-order valence-electron chi connectivity index (χ4n) is 4.78. The molecular formula is C22H31ClN6O2. The Morgan fingerprint density at radius 2 is 2.06 bits per heavy atom. The van der Waals surface area contributed by atoms with E-state index in [1.165, 1.54) is 0 Å². The van der Waals surface area contributed by atoms with Crippen LogP contribution in [0.3, 0.4) is 0 Å². The van der Waals surface area contributed by atoms with Crippen LogP contribution in [0.25, 0.3) is 0 Å². The maximum absolute atomic E-state index is 9.68. The lowest BCUT2D eigenvalue weighted by atomic mass is 9.85. The van der Waals surface area contributed by atoms with Crippen molar-refractivity contribution in [1.82, 2.24) is 14.7 Å². The molecule has 0 bridgehead atoms. The number of fused-ring (bicyclic) bond motifs is 1. The number of β-amino-alcohol motifs (C(OH)–C–C–N with tert-alkyl or cyclic N) is 1. The van der Waals surface area contributed by atoms with Crippen LogP contribution < -0.4 is 15.8 Å². The van der Waals surface area contributed by atoms with E-state index in [9.17, 15) is 5.11 Å². The quantitative estimate of drug-likeness (QED) is 0.630. The molecule has 2 aliphatic heterocycles. The molecule has 0 aliphatic carbocycles. The number of aromatic nitrogens is 2. The number of hydrogen-bond acceptors (Lipinski definition) is 7. The average molecular weight is 447 g/mol. The van der Waals surface area contributed by atoms with Gasteiger partial charge in [-0.25, -0.2) is 9.67 Å². The predicted molar refractivity (Wildman–Crippen MR) is 124 cm³/mol. The van der Waals surface area contributed by atoms with Crippen LogP contribution in [-0.4, -0.2) is 65.1 Å². The van der Waals surface area contributed by atoms with Crippen molar-refractivity contribution in [2.24, 2.45) is 10.7 Å². The molecule has 4 N–H and O–H groups in total. The summed E-state index contributed by atoms with van der Waals surface area (Å²) in [7, 11) is 1.71. The Morgan fingerprint density at radius 1 is 1.35 bits per heavy atom. The first kappa shape index (κ1) is 21.9. The Balaban J connectivity index is 1.74. The van der Waals surface area contributed by atoms with Crippen molar-refractivity contribution in [3.8, 4) is 5.75 Å². The number of ether oxygens (including phenoxy) is 1. The number of halogens is 1. The average Bonchev–Trinajstić information content (AvgIpc) is 3.03. The van der Waals surface area contributed by atoms with Gasteiger partial charge in [-0.15, -0.1) is 0 Å². The molecule has 1 aromatic heterocycles. The molecule has 31 heavy (non-hydrogen) atoms. The summed E-state index contributed by atoms with van der Waals surface area (Å²) in [5.41, 5.74) is 11.0. The number of amidine groups is 1. The van der Waals surface area contributed by atoms with Crippen LogP contribution >= 0.6 is 11.6 Å². The summed E-state index contributed by atoms with van der Waals surface area (Å²) in [6.07, 6.45) is -0.336. The smallest absolute Gasteiger partial charge is 0.137 e. The second-order valence-electron chi connectivity index (χ2n) is 8.59. The van der Waals surface area contributed by atoms with Crippen LogP contribution in [0.2, 0.25) is 5.02 Å². The molecule has 4 rings (SSSR count). The highest BCUT2D eigenvalue weighted by Crippen LogP contribution is 2.44. The zero-order valence-electron chi connectivity index (χ0n) is 18.7. The van der Waals surface area contributed by atoms with Gasteiger partial charge in [0.05, 0.1) is 30.5 Å². The third-order valence-corrected chi connectivity index (χ3v) is 6.69. The van der Waals surface area contributed by atoms with E-state index in [0.717, 1.165) is 57.6 Å². The van der Waals surface area contributed by atoms with E-state index >= 15 is 0 Å². The van der Waals surface area contributed by atoms with E-state index in [-0.39, 0.29) is 12.1 Å². The number of aryl methyl sites for hydroxylation is 1. The fraction of sp³-hybridized carbons (Fsp3) is 0.545. The van der Waals surface area contributed by atoms with Gasteiger partial charge in [0, 0.05) is 41.7 Å². The number of hydrogen-bond donors (Lipinski definition) is 3. The van der Waals surface area contributed by atoms with E-state index in [2.05, 4.69) is 22.1 Å². The second-order valence-corrected chi connectivity index (χ2v) is 9.00. The molecule has 0 saturated carbocycles. The number of methoxy groups -OCH3 is 1. The van der Waals surface area contributed by atoms with E-state index in [1.54, 1.807) is 7.11 Å². The highest BCUT2D eigenvalue weighted by Gasteiger charge is 2.35. The van der Waals surface area contributed by atoms with E-state index in [1.807, 2.05) is 31.5 Å². The van der Waals surface area contributed by atoms with Gasteiger partial charge in [0.15, 0.2) is 0 Å². The van der Waals surface area contributed by atoms with Crippen LogP contribution in [0.5, 0.6) is 5.75 Å². The van der Waals surface area contributed by atoms with E-state index in [0.29, 0.717) is 25.0 Å². The summed E-state index contributed by atoms with van der Waals surface area (Å²) in [6, 6.07) is 1.86. The molecule has 1 aromatic carbocycles. The van der Waals surface area contributed by atoms with E-state index < -0.39 is 0 Å². The SMILES string of the molecule is COc1c(C(C)n2nc(C)c3c2NCN=C3N)cc(Cl)c(C)c1C1CN(C[C@@H](C)O)C1. The number of benzene rings is 1. The minimum absolute atomic E-state index is 0.124. The molecule has 0 radical (unpaired) electrons. The number of rotatable bonds is 6. The number of aliphatic hydroxyl groups excluding tert-OH is 1. The Hall–Kier alpha value is -2.29. The number of nitrogens with one attached hydrogen (secondary N) is 1. The van der Waals surface area contributed by atoms with Crippen molar-refractivity contribution in [3.05, 3.63) is 39.0 Å². The Morgan fingerprint density at radius 3 is 2.71 bits per heavy atom. The van der Waals surface area contributed by atoms with Crippen LogP contribution in [0.4, 0.5) is 5.82 Å². The fourth-order valence-corrected chi connectivity index (χ4v) is 5.00. The summed E-state index contributed by atoms with van der Waals surface area (Å²) in [6.45, 7) is 10.7. The molecule has 2 atom stereocenters. The molecule has 1 unspecified atom stereocenters. The highest BCUT2D eigenvalue weighted by atomic mass is 35.5. The maximum Gasteiger partial charge on any atom is 0.137 e. The lowest BCUT2D eigenvalue weighted by molar-refractivity contribution is 0.0732. The third kappa shape index (κ3) is 3.77. The third-order valence-electron chi connectivity index (χ3n) is 6.30. The van der Waals surface area contributed by atoms with Gasteiger partial charge in [-0.2, -0.15) is 5.10 Å². The monoisotopic (exact) mass is 446 g/mol. The number of aliphatic hydroxyl groups is 1. The number of aliphatic imine (C=N–C) groups is 1. The summed E-state index contributed by atoms with van der Waals surface area (Å²) in [5.74, 6) is 2.54. The normalized spacial score (nSPS) is 18.6. The predicted octanol–water partition coefficient (Wildman–Crippen LogP) is 2.64. The minimum Gasteiger partial charge on any atom is -0.496 e. The van der Waals surface area contributed by atoms with Crippen molar-refractivity contribution in [2.75, 3.05) is 38.7 Å². The van der Waals surface area contributed by atoms with Crippen molar-refractivity contribution in [1.29, 1.82) is 0 Å². The lowest BCUT2D eigenvalue weighted by Gasteiger charge is -2.41. The maximum atomic E-state index is 9.68. The van der Waals surface area contributed by atoms with Gasteiger partial charge in [-0.3, -0.25) is 4.90 Å². The number of anilines is 1. The Labute approximate surface area is 188 Å². The van der Waals surface area contributed by atoms with Gasteiger partial charge in [0.1, 0.15) is 24.1 Å². The van der Waals surface area contributed by atoms with Crippen molar-refractivity contribution in [3.63, 3.8) is 0 Å². The molecule has 9 heteroatoms. The highest BCUT2D eigenvalue weighted by molar-refractivity contribution is 6.31. The van der Waals surface area contributed by atoms with Gasteiger partial charge >= 0.3 is 0 Å². The van der Waals surface area contributed by atoms with Gasteiger partial charge < -0.3 is 20.9 Å². The van der Waals surface area contributed by atoms with Crippen molar-refractivity contribution < 1.29 is 9.84 Å². The molecule has 3 heterocycles. The van der Waals surface area contributed by atoms with Crippen LogP contribution in [-0.2, 0) is 0 Å². The van der Waals surface area contributed by atoms with Gasteiger partial charge in [0.2, 0.25) is 0 Å². The summed E-state index contributed by atoms with van der Waals surface area (Å²) in [4.78, 5) is 6.53. The van der Waals surface area contributed by atoms with Gasteiger partial charge in [0.25, 0.3) is 0 Å². The molecule has 2 aliphatic rings. The molecule has 8 nitrogen and oxygen atoms in total. The molecule has 168 valence electrons. The zero-order valence-corrected chi connectivity index (χ0v) is 19.5. The molecular weight excluding hydrogens is 416 g/mol. The number of likely N-dealkylation sites (tertiary alicyclic amines) is 1. The first-order valence-electron chi connectivity index (χ1n) is 10.6. The lowest BCUT2D eigenvalue weighted by Crippen LogP contribution is -2.48. The zero-order chi connectivity index (χ0) is 22.4. The summed E-state index contributed by atoms with van der Waals surface area (Å²) < 4.78 is 7.91. The summed E-state index contributed by atoms with van der Waals surface area (Å²) >= 11 is 6.70. The first-order chi connectivity index (χ1) is 14.7. The molecule has 1 fully saturated rings. The van der Waals surface area contributed by atoms with Crippen LogP contribution in [0.15, 0.2) is 11.1 Å². The molecule has 0 spiro atoms. The summed E-state index contributed by atoms with van der Waals surface area (Å²) in [5, 5.41) is 18.5. The molecule has 1 saturated heterocycles. The number of nitrogens with two attached hydrogens (primary N) is 1. The first-order valence-corrected chi connectivity index (χ1v) is 11.0. The van der Waals surface area contributed by atoms with E-state index in [4.69, 9.17) is 27.2 Å². The Bertz CT molecular complexity index is 1030. The Kier molecular flexibility index (Phi) is 5.89. The van der Waals surface area contributed by atoms with Gasteiger partial charge in [-0.1, -0.05) is 11.6 Å². The van der Waals surface area contributed by atoms with Crippen LogP contribution in [0.1, 0.15) is 53.8 Å². The second kappa shape index (κ2) is 8.33. The van der Waals surface area contributed by atoms with Gasteiger partial charge in [-0.05, 0) is 39.3 Å². The standard InChI is InChI=1S/C22H31ClN6O2/c1-11(30)7-28-8-15(9-28)18-12(2)17(23)6-16(20(18)31-5)14(4)29-22-19(13(3)27-29)21(24)25-10-26-22/h6,11,14-15,26,30H,7-10H2,1-5H3,(H2,24,25)/t11-,14?/m1/s1.